The van der Waals surface area contributed by atoms with E-state index in [1.165, 1.54) is 16.8 Å². The molecule has 1 saturated heterocycles. The normalized spacial score (nSPS) is 15.0. The van der Waals surface area contributed by atoms with Gasteiger partial charge in [-0.05, 0) is 55.3 Å². The molecule has 0 N–H and O–H groups in total. The van der Waals surface area contributed by atoms with Crippen molar-refractivity contribution in [2.45, 2.75) is 20.4 Å². The van der Waals surface area contributed by atoms with Gasteiger partial charge in [0.1, 0.15) is 11.4 Å². The molecule has 1 fully saturated rings. The minimum Gasteiger partial charge on any atom is -0.497 e. The molecule has 0 amide bonds. The average molecular weight is 377 g/mol. The van der Waals surface area contributed by atoms with E-state index in [9.17, 15) is 0 Å². The number of aromatic nitrogens is 1. The molecular weight excluding hydrogens is 350 g/mol. The number of hydrogen-bond donors (Lipinski definition) is 0. The quantitative estimate of drug-likeness (QED) is 0.663. The number of hydrogen-bond acceptors (Lipinski definition) is 5. The van der Waals surface area contributed by atoms with Gasteiger partial charge in [-0.15, -0.1) is 0 Å². The van der Waals surface area contributed by atoms with Gasteiger partial charge in [0.15, 0.2) is 5.76 Å². The van der Waals surface area contributed by atoms with Gasteiger partial charge in [-0.25, -0.2) is 0 Å². The molecule has 1 aromatic heterocycles. The molecule has 146 valence electrons. The summed E-state index contributed by atoms with van der Waals surface area (Å²) in [7, 11) is 1.67. The van der Waals surface area contributed by atoms with E-state index in [1.54, 1.807) is 7.11 Å². The maximum atomic E-state index is 5.59. The SMILES string of the molecule is COc1ccc(-c2cc(CN3CCN(c4cccc(C)c4C)CC3)on2)cc1. The largest absolute Gasteiger partial charge is 0.497 e. The van der Waals surface area contributed by atoms with Gasteiger partial charge in [-0.3, -0.25) is 4.90 Å². The lowest BCUT2D eigenvalue weighted by atomic mass is 10.1. The van der Waals surface area contributed by atoms with E-state index in [4.69, 9.17) is 9.26 Å². The van der Waals surface area contributed by atoms with Gasteiger partial charge in [-0.1, -0.05) is 17.3 Å². The lowest BCUT2D eigenvalue weighted by Crippen LogP contribution is -2.46. The Bertz CT molecular complexity index is 925. The van der Waals surface area contributed by atoms with Crippen molar-refractivity contribution < 1.29 is 9.26 Å². The van der Waals surface area contributed by atoms with E-state index in [1.807, 2.05) is 30.3 Å². The third kappa shape index (κ3) is 3.90. The molecule has 0 bridgehead atoms. The van der Waals surface area contributed by atoms with E-state index in [0.29, 0.717) is 0 Å². The second kappa shape index (κ2) is 8.07. The Kier molecular flexibility index (Phi) is 5.35. The maximum absolute atomic E-state index is 5.59. The van der Waals surface area contributed by atoms with Crippen molar-refractivity contribution in [3.05, 3.63) is 65.4 Å². The van der Waals surface area contributed by atoms with Gasteiger partial charge in [-0.2, -0.15) is 0 Å². The van der Waals surface area contributed by atoms with Crippen LogP contribution >= 0.6 is 0 Å². The molecule has 0 radical (unpaired) electrons. The summed E-state index contributed by atoms with van der Waals surface area (Å²) < 4.78 is 10.8. The van der Waals surface area contributed by atoms with E-state index < -0.39 is 0 Å². The summed E-state index contributed by atoms with van der Waals surface area (Å²) in [4.78, 5) is 4.92. The summed E-state index contributed by atoms with van der Waals surface area (Å²) in [5, 5.41) is 4.24. The van der Waals surface area contributed by atoms with Gasteiger partial charge in [0.2, 0.25) is 0 Å². The summed E-state index contributed by atoms with van der Waals surface area (Å²) in [5.74, 6) is 1.75. The monoisotopic (exact) mass is 377 g/mol. The molecule has 3 aromatic rings. The van der Waals surface area contributed by atoms with Crippen LogP contribution in [0.15, 0.2) is 53.1 Å². The summed E-state index contributed by atoms with van der Waals surface area (Å²) in [6.45, 7) is 9.29. The molecule has 2 aromatic carbocycles. The van der Waals surface area contributed by atoms with Crippen LogP contribution in [0, 0.1) is 13.8 Å². The predicted molar refractivity (Wildman–Crippen MR) is 112 cm³/mol. The minimum absolute atomic E-state index is 0.795. The average Bonchev–Trinajstić information content (AvgIpc) is 3.19. The molecule has 2 heterocycles. The number of benzene rings is 2. The topological polar surface area (TPSA) is 41.7 Å². The fourth-order valence-electron chi connectivity index (χ4n) is 3.73. The zero-order valence-corrected chi connectivity index (χ0v) is 16.8. The first-order valence-corrected chi connectivity index (χ1v) is 9.77. The molecule has 0 aliphatic carbocycles. The highest BCUT2D eigenvalue weighted by Gasteiger charge is 2.20. The fraction of sp³-hybridized carbons (Fsp3) is 0.348. The predicted octanol–water partition coefficient (Wildman–Crippen LogP) is 4.29. The highest BCUT2D eigenvalue weighted by atomic mass is 16.5. The molecule has 5 heteroatoms. The number of aryl methyl sites for hydroxylation is 1. The van der Waals surface area contributed by atoms with E-state index in [2.05, 4.69) is 47.0 Å². The van der Waals surface area contributed by atoms with Crippen molar-refractivity contribution in [1.29, 1.82) is 0 Å². The lowest BCUT2D eigenvalue weighted by molar-refractivity contribution is 0.220. The highest BCUT2D eigenvalue weighted by Crippen LogP contribution is 2.25. The molecule has 0 saturated carbocycles. The van der Waals surface area contributed by atoms with Crippen LogP contribution < -0.4 is 9.64 Å². The van der Waals surface area contributed by atoms with Crippen LogP contribution in [0.3, 0.4) is 0 Å². The van der Waals surface area contributed by atoms with Crippen LogP contribution in [0.4, 0.5) is 5.69 Å². The number of rotatable bonds is 5. The Balaban J connectivity index is 1.36. The molecular formula is C23H27N3O2. The van der Waals surface area contributed by atoms with Crippen molar-refractivity contribution >= 4 is 5.69 Å². The smallest absolute Gasteiger partial charge is 0.151 e. The van der Waals surface area contributed by atoms with E-state index >= 15 is 0 Å². The van der Waals surface area contributed by atoms with E-state index in [-0.39, 0.29) is 0 Å². The van der Waals surface area contributed by atoms with Gasteiger partial charge in [0, 0.05) is 43.5 Å². The van der Waals surface area contributed by atoms with Crippen LogP contribution in [-0.4, -0.2) is 43.3 Å². The van der Waals surface area contributed by atoms with Crippen molar-refractivity contribution in [3.8, 4) is 17.0 Å². The molecule has 0 unspecified atom stereocenters. The Morgan fingerprint density at radius 1 is 1.00 bits per heavy atom. The van der Waals surface area contributed by atoms with Crippen LogP contribution in [0.2, 0.25) is 0 Å². The number of ether oxygens (including phenoxy) is 1. The van der Waals surface area contributed by atoms with Crippen LogP contribution in [0.5, 0.6) is 5.75 Å². The van der Waals surface area contributed by atoms with Gasteiger partial charge in [0.25, 0.3) is 0 Å². The van der Waals surface area contributed by atoms with Gasteiger partial charge >= 0.3 is 0 Å². The number of nitrogens with zero attached hydrogens (tertiary/aromatic N) is 3. The molecule has 1 aliphatic rings. The minimum atomic E-state index is 0.795. The van der Waals surface area contributed by atoms with E-state index in [0.717, 1.165) is 55.5 Å². The second-order valence-electron chi connectivity index (χ2n) is 7.39. The van der Waals surface area contributed by atoms with Crippen LogP contribution in [0.1, 0.15) is 16.9 Å². The third-order valence-corrected chi connectivity index (χ3v) is 5.61. The third-order valence-electron chi connectivity index (χ3n) is 5.61. The van der Waals surface area contributed by atoms with Crippen molar-refractivity contribution in [2.24, 2.45) is 0 Å². The van der Waals surface area contributed by atoms with Gasteiger partial charge in [0.05, 0.1) is 13.7 Å². The van der Waals surface area contributed by atoms with Crippen molar-refractivity contribution in [2.75, 3.05) is 38.2 Å². The molecule has 0 atom stereocenters. The maximum Gasteiger partial charge on any atom is 0.151 e. The molecule has 28 heavy (non-hydrogen) atoms. The summed E-state index contributed by atoms with van der Waals surface area (Å²) in [5.41, 5.74) is 6.01. The van der Waals surface area contributed by atoms with Gasteiger partial charge < -0.3 is 14.2 Å². The highest BCUT2D eigenvalue weighted by molar-refractivity contribution is 5.60. The number of anilines is 1. The summed E-state index contributed by atoms with van der Waals surface area (Å²) >= 11 is 0. The molecule has 1 aliphatic heterocycles. The van der Waals surface area contributed by atoms with Crippen LogP contribution in [-0.2, 0) is 6.54 Å². The molecule has 4 rings (SSSR count). The zero-order chi connectivity index (χ0) is 19.5. The number of piperazine rings is 1. The van der Waals surface area contributed by atoms with Crippen LogP contribution in [0.25, 0.3) is 11.3 Å². The first-order valence-electron chi connectivity index (χ1n) is 9.77. The number of methoxy groups -OCH3 is 1. The first-order chi connectivity index (χ1) is 13.6. The summed E-state index contributed by atoms with van der Waals surface area (Å²) in [6, 6.07) is 16.5. The first kappa shape index (κ1) is 18.6. The Hall–Kier alpha value is -2.79. The molecule has 0 spiro atoms. The molecule has 5 nitrogen and oxygen atoms in total. The standard InChI is InChI=1S/C23H27N3O2/c1-17-5-4-6-23(18(17)2)26-13-11-25(12-14-26)16-21-15-22(24-28-21)19-7-9-20(27-3)10-8-19/h4-10,15H,11-14,16H2,1-3H3. The lowest BCUT2D eigenvalue weighted by Gasteiger charge is -2.36. The Morgan fingerprint density at radius 2 is 1.75 bits per heavy atom. The zero-order valence-electron chi connectivity index (χ0n) is 16.8. The van der Waals surface area contributed by atoms with Crippen molar-refractivity contribution in [3.63, 3.8) is 0 Å². The Morgan fingerprint density at radius 3 is 2.46 bits per heavy atom. The summed E-state index contributed by atoms with van der Waals surface area (Å²) in [6.07, 6.45) is 0. The van der Waals surface area contributed by atoms with Crippen molar-refractivity contribution in [1.82, 2.24) is 10.1 Å². The Labute approximate surface area is 166 Å². The second-order valence-corrected chi connectivity index (χ2v) is 7.39. The fourth-order valence-corrected chi connectivity index (χ4v) is 3.73.